The molecule has 0 spiro atoms. The topological polar surface area (TPSA) is 69.2 Å². The number of amides is 1. The second kappa shape index (κ2) is 12.7. The fraction of sp³-hybridized carbons (Fsp3) is 0.889. The van der Waals surface area contributed by atoms with Gasteiger partial charge in [-0.3, -0.25) is 14.7 Å². The highest BCUT2D eigenvalue weighted by Crippen LogP contribution is 2.26. The zero-order chi connectivity index (χ0) is 18.1. The average Bonchev–Trinajstić information content (AvgIpc) is 3.36. The largest absolute Gasteiger partial charge is 0.383 e. The first-order valence-electron chi connectivity index (χ1n) is 9.73. The quantitative estimate of drug-likeness (QED) is 0.280. The molecule has 1 unspecified atom stereocenters. The van der Waals surface area contributed by atoms with E-state index in [0.717, 1.165) is 64.3 Å². The summed E-state index contributed by atoms with van der Waals surface area (Å²) in [5.41, 5.74) is 0. The standard InChI is InChI=1S/C18H35N5O2.HI/c1-4-17(24)23-10-8-15(14-23)21-18(19-5-2)20-9-11-22(12-13-25-3)16-6-7-16;/h15-16H,4-14H2,1-3H3,(H2,19,20,21);1H. The van der Waals surface area contributed by atoms with Crippen LogP contribution in [0.2, 0.25) is 0 Å². The molecular formula is C18H36IN5O2. The summed E-state index contributed by atoms with van der Waals surface area (Å²) < 4.78 is 5.21. The third-order valence-corrected chi connectivity index (χ3v) is 4.83. The number of methoxy groups -OCH3 is 1. The Labute approximate surface area is 175 Å². The molecule has 2 rings (SSSR count). The Bertz CT molecular complexity index is 445. The Morgan fingerprint density at radius 1 is 1.27 bits per heavy atom. The van der Waals surface area contributed by atoms with Crippen LogP contribution in [-0.2, 0) is 9.53 Å². The van der Waals surface area contributed by atoms with Crippen molar-refractivity contribution in [2.24, 2.45) is 4.99 Å². The number of hydrogen-bond acceptors (Lipinski definition) is 4. The third kappa shape index (κ3) is 7.96. The molecule has 1 saturated heterocycles. The lowest BCUT2D eigenvalue weighted by Crippen LogP contribution is -2.45. The second-order valence-electron chi connectivity index (χ2n) is 6.84. The molecule has 26 heavy (non-hydrogen) atoms. The highest BCUT2D eigenvalue weighted by molar-refractivity contribution is 14.0. The van der Waals surface area contributed by atoms with E-state index in [4.69, 9.17) is 9.73 Å². The van der Waals surface area contributed by atoms with Crippen molar-refractivity contribution in [2.45, 2.75) is 51.6 Å². The minimum Gasteiger partial charge on any atom is -0.383 e. The lowest BCUT2D eigenvalue weighted by molar-refractivity contribution is -0.129. The van der Waals surface area contributed by atoms with Gasteiger partial charge in [0, 0.05) is 58.3 Å². The van der Waals surface area contributed by atoms with Crippen LogP contribution in [0.1, 0.15) is 39.5 Å². The molecule has 0 bridgehead atoms. The summed E-state index contributed by atoms with van der Waals surface area (Å²) in [6.07, 6.45) is 4.17. The molecular weight excluding hydrogens is 445 g/mol. The predicted octanol–water partition coefficient (Wildman–Crippen LogP) is 1.28. The molecule has 1 aliphatic carbocycles. The minimum absolute atomic E-state index is 0. The molecule has 2 aliphatic rings. The molecule has 0 radical (unpaired) electrons. The first-order chi connectivity index (χ1) is 12.2. The maximum atomic E-state index is 11.8. The molecule has 1 aliphatic heterocycles. The summed E-state index contributed by atoms with van der Waals surface area (Å²) in [5.74, 6) is 1.10. The van der Waals surface area contributed by atoms with Gasteiger partial charge in [0.15, 0.2) is 5.96 Å². The fourth-order valence-corrected chi connectivity index (χ4v) is 3.26. The number of halogens is 1. The molecule has 1 atom stereocenters. The number of nitrogens with zero attached hydrogens (tertiary/aromatic N) is 3. The highest BCUT2D eigenvalue weighted by atomic mass is 127. The van der Waals surface area contributed by atoms with E-state index < -0.39 is 0 Å². The fourth-order valence-electron chi connectivity index (χ4n) is 3.26. The molecule has 0 aromatic heterocycles. The van der Waals surface area contributed by atoms with Gasteiger partial charge in [0.1, 0.15) is 0 Å². The minimum atomic E-state index is 0. The molecule has 8 heteroatoms. The Balaban J connectivity index is 0.00000338. The number of aliphatic imine (C=N–C) groups is 1. The number of rotatable bonds is 10. The smallest absolute Gasteiger partial charge is 0.222 e. The van der Waals surface area contributed by atoms with Crippen molar-refractivity contribution in [1.82, 2.24) is 20.4 Å². The van der Waals surface area contributed by atoms with Crippen molar-refractivity contribution in [2.75, 3.05) is 53.0 Å². The van der Waals surface area contributed by atoms with Crippen LogP contribution >= 0.6 is 24.0 Å². The first kappa shape index (κ1) is 23.4. The molecule has 0 aromatic carbocycles. The van der Waals surface area contributed by atoms with Gasteiger partial charge in [0.05, 0.1) is 13.2 Å². The maximum absolute atomic E-state index is 11.8. The van der Waals surface area contributed by atoms with E-state index in [0.29, 0.717) is 12.5 Å². The van der Waals surface area contributed by atoms with Gasteiger partial charge < -0.3 is 20.3 Å². The molecule has 2 N–H and O–H groups in total. The Morgan fingerprint density at radius 3 is 2.65 bits per heavy atom. The van der Waals surface area contributed by atoms with E-state index in [9.17, 15) is 4.79 Å². The molecule has 7 nitrogen and oxygen atoms in total. The number of carbonyl (C=O) groups is 1. The Hall–Kier alpha value is -0.610. The lowest BCUT2D eigenvalue weighted by Gasteiger charge is -2.21. The van der Waals surface area contributed by atoms with Crippen molar-refractivity contribution in [3.05, 3.63) is 0 Å². The van der Waals surface area contributed by atoms with Gasteiger partial charge in [-0.05, 0) is 26.2 Å². The molecule has 1 saturated carbocycles. The Kier molecular flexibility index (Phi) is 11.5. The first-order valence-corrected chi connectivity index (χ1v) is 9.73. The van der Waals surface area contributed by atoms with Crippen molar-refractivity contribution in [1.29, 1.82) is 0 Å². The van der Waals surface area contributed by atoms with Gasteiger partial charge in [-0.1, -0.05) is 6.92 Å². The van der Waals surface area contributed by atoms with Crippen LogP contribution in [0.15, 0.2) is 4.99 Å². The van der Waals surface area contributed by atoms with Crippen LogP contribution in [0.3, 0.4) is 0 Å². The number of hydrogen-bond donors (Lipinski definition) is 2. The van der Waals surface area contributed by atoms with E-state index in [1.165, 1.54) is 12.8 Å². The summed E-state index contributed by atoms with van der Waals surface area (Å²) in [7, 11) is 1.75. The van der Waals surface area contributed by atoms with E-state index in [-0.39, 0.29) is 29.9 Å². The van der Waals surface area contributed by atoms with Crippen LogP contribution in [0.4, 0.5) is 0 Å². The molecule has 152 valence electrons. The average molecular weight is 481 g/mol. The lowest BCUT2D eigenvalue weighted by atomic mass is 10.3. The summed E-state index contributed by atoms with van der Waals surface area (Å²) in [5, 5.41) is 6.81. The van der Waals surface area contributed by atoms with Crippen molar-refractivity contribution in [3.63, 3.8) is 0 Å². The number of nitrogens with one attached hydrogen (secondary N) is 2. The predicted molar refractivity (Wildman–Crippen MR) is 116 cm³/mol. The summed E-state index contributed by atoms with van der Waals surface area (Å²) in [4.78, 5) is 21.0. The highest BCUT2D eigenvalue weighted by Gasteiger charge is 2.28. The Morgan fingerprint density at radius 2 is 2.04 bits per heavy atom. The zero-order valence-corrected chi connectivity index (χ0v) is 18.8. The molecule has 1 heterocycles. The van der Waals surface area contributed by atoms with Crippen molar-refractivity contribution >= 4 is 35.8 Å². The number of ether oxygens (including phenoxy) is 1. The van der Waals surface area contributed by atoms with Crippen molar-refractivity contribution < 1.29 is 9.53 Å². The van der Waals surface area contributed by atoms with Crippen LogP contribution < -0.4 is 10.6 Å². The van der Waals surface area contributed by atoms with Gasteiger partial charge >= 0.3 is 0 Å². The van der Waals surface area contributed by atoms with Gasteiger partial charge in [-0.2, -0.15) is 0 Å². The monoisotopic (exact) mass is 481 g/mol. The van der Waals surface area contributed by atoms with Gasteiger partial charge in [-0.15, -0.1) is 24.0 Å². The number of carbonyl (C=O) groups excluding carboxylic acids is 1. The van der Waals surface area contributed by atoms with Crippen molar-refractivity contribution in [3.8, 4) is 0 Å². The van der Waals surface area contributed by atoms with Crippen LogP contribution in [0.25, 0.3) is 0 Å². The summed E-state index contributed by atoms with van der Waals surface area (Å²) in [6, 6.07) is 1.02. The number of likely N-dealkylation sites (tertiary alicyclic amines) is 1. The van der Waals surface area contributed by atoms with Crippen LogP contribution in [-0.4, -0.2) is 86.7 Å². The normalized spacial score (nSPS) is 20.2. The number of guanidine groups is 1. The van der Waals surface area contributed by atoms with Gasteiger partial charge in [-0.25, -0.2) is 0 Å². The summed E-state index contributed by atoms with van der Waals surface area (Å²) >= 11 is 0. The maximum Gasteiger partial charge on any atom is 0.222 e. The summed E-state index contributed by atoms with van der Waals surface area (Å²) in [6.45, 7) is 9.97. The van der Waals surface area contributed by atoms with Gasteiger partial charge in [0.25, 0.3) is 0 Å². The SMILES string of the molecule is CCNC(=NCCN(CCOC)C1CC1)NC1CCN(C(=O)CC)C1.I. The van der Waals surface area contributed by atoms with Gasteiger partial charge in [0.2, 0.25) is 5.91 Å². The van der Waals surface area contributed by atoms with E-state index in [1.54, 1.807) is 7.11 Å². The van der Waals surface area contributed by atoms with Crippen LogP contribution in [0.5, 0.6) is 0 Å². The van der Waals surface area contributed by atoms with E-state index >= 15 is 0 Å². The van der Waals surface area contributed by atoms with E-state index in [2.05, 4.69) is 22.5 Å². The molecule has 0 aromatic rings. The zero-order valence-electron chi connectivity index (χ0n) is 16.5. The molecule has 2 fully saturated rings. The van der Waals surface area contributed by atoms with E-state index in [1.807, 2.05) is 11.8 Å². The van der Waals surface area contributed by atoms with Crippen LogP contribution in [0, 0.1) is 0 Å². The molecule has 1 amide bonds. The second-order valence-corrected chi connectivity index (χ2v) is 6.84. The third-order valence-electron chi connectivity index (χ3n) is 4.83.